The second-order valence-corrected chi connectivity index (χ2v) is 6.72. The lowest BCUT2D eigenvalue weighted by Gasteiger charge is -2.31. The van der Waals surface area contributed by atoms with E-state index >= 15 is 0 Å². The maximum absolute atomic E-state index is 12.1. The summed E-state index contributed by atoms with van der Waals surface area (Å²) in [4.78, 5) is 26.0. The number of nitrogens with one attached hydrogen (secondary N) is 1. The van der Waals surface area contributed by atoms with Gasteiger partial charge >= 0.3 is 6.03 Å². The highest BCUT2D eigenvalue weighted by molar-refractivity contribution is 7.16. The van der Waals surface area contributed by atoms with Gasteiger partial charge in [-0.25, -0.2) is 4.79 Å². The molecule has 1 aliphatic heterocycles. The summed E-state index contributed by atoms with van der Waals surface area (Å²) in [5.74, 6) is -0.376. The van der Waals surface area contributed by atoms with Crippen LogP contribution in [0.4, 0.5) is 4.79 Å². The lowest BCUT2D eigenvalue weighted by atomic mass is 9.96. The molecular weight excluding hydrogens is 298 g/mol. The van der Waals surface area contributed by atoms with E-state index in [1.54, 1.807) is 4.90 Å². The van der Waals surface area contributed by atoms with Gasteiger partial charge in [0.25, 0.3) is 0 Å². The highest BCUT2D eigenvalue weighted by Crippen LogP contribution is 2.27. The SMILES string of the molecule is CC(NC(=O)N1CCC(C(N)=O)CC1)c1ccc(Cl)s1. The third kappa shape index (κ3) is 3.64. The molecule has 3 amide bonds. The minimum absolute atomic E-state index is 0.0751. The molecule has 0 spiro atoms. The number of amides is 3. The number of nitrogens with zero attached hydrogens (tertiary/aromatic N) is 1. The van der Waals surface area contributed by atoms with Crippen molar-refractivity contribution in [3.8, 4) is 0 Å². The molecule has 1 atom stereocenters. The van der Waals surface area contributed by atoms with Crippen LogP contribution >= 0.6 is 22.9 Å². The lowest BCUT2D eigenvalue weighted by Crippen LogP contribution is -2.46. The van der Waals surface area contributed by atoms with E-state index in [0.717, 1.165) is 4.88 Å². The molecule has 1 unspecified atom stereocenters. The van der Waals surface area contributed by atoms with Crippen LogP contribution in [0.15, 0.2) is 12.1 Å². The van der Waals surface area contributed by atoms with Gasteiger partial charge in [-0.05, 0) is 31.9 Å². The minimum Gasteiger partial charge on any atom is -0.369 e. The number of halogens is 1. The largest absolute Gasteiger partial charge is 0.369 e. The third-order valence-corrected chi connectivity index (χ3v) is 4.96. The van der Waals surface area contributed by atoms with Crippen LogP contribution in [0.1, 0.15) is 30.7 Å². The molecule has 5 nitrogen and oxygen atoms in total. The number of primary amides is 1. The molecule has 20 heavy (non-hydrogen) atoms. The van der Waals surface area contributed by atoms with E-state index in [2.05, 4.69) is 5.32 Å². The Morgan fingerprint density at radius 2 is 2.10 bits per heavy atom. The van der Waals surface area contributed by atoms with E-state index < -0.39 is 0 Å². The van der Waals surface area contributed by atoms with Crippen LogP contribution in [-0.2, 0) is 4.79 Å². The van der Waals surface area contributed by atoms with Gasteiger partial charge in [-0.1, -0.05) is 11.6 Å². The van der Waals surface area contributed by atoms with Crippen molar-refractivity contribution in [2.45, 2.75) is 25.8 Å². The maximum Gasteiger partial charge on any atom is 0.317 e. The van der Waals surface area contributed by atoms with E-state index in [0.29, 0.717) is 30.3 Å². The highest BCUT2D eigenvalue weighted by atomic mass is 35.5. The Morgan fingerprint density at radius 3 is 2.60 bits per heavy atom. The quantitative estimate of drug-likeness (QED) is 0.898. The molecule has 1 aromatic heterocycles. The van der Waals surface area contributed by atoms with Crippen molar-refractivity contribution in [1.82, 2.24) is 10.2 Å². The van der Waals surface area contributed by atoms with E-state index in [4.69, 9.17) is 17.3 Å². The van der Waals surface area contributed by atoms with Gasteiger partial charge in [-0.15, -0.1) is 11.3 Å². The molecule has 1 saturated heterocycles. The number of hydrogen-bond acceptors (Lipinski definition) is 3. The fourth-order valence-electron chi connectivity index (χ4n) is 2.28. The van der Waals surface area contributed by atoms with Crippen LogP contribution in [0.25, 0.3) is 0 Å². The average molecular weight is 316 g/mol. The zero-order valence-electron chi connectivity index (χ0n) is 11.3. The smallest absolute Gasteiger partial charge is 0.317 e. The van der Waals surface area contributed by atoms with Gasteiger partial charge in [-0.2, -0.15) is 0 Å². The zero-order valence-corrected chi connectivity index (χ0v) is 12.8. The summed E-state index contributed by atoms with van der Waals surface area (Å²) in [6, 6.07) is 3.55. The molecule has 1 aromatic rings. The predicted octanol–water partition coefficient (Wildman–Crippen LogP) is 2.37. The summed E-state index contributed by atoms with van der Waals surface area (Å²) in [5, 5.41) is 2.95. The molecule has 0 aromatic carbocycles. The van der Waals surface area contributed by atoms with Crippen molar-refractivity contribution in [2.75, 3.05) is 13.1 Å². The van der Waals surface area contributed by atoms with Gasteiger partial charge in [-0.3, -0.25) is 4.79 Å². The fourth-order valence-corrected chi connectivity index (χ4v) is 3.34. The first kappa shape index (κ1) is 15.1. The van der Waals surface area contributed by atoms with Crippen LogP contribution in [0.3, 0.4) is 0 Å². The molecule has 1 fully saturated rings. The van der Waals surface area contributed by atoms with Gasteiger partial charge in [0.2, 0.25) is 5.91 Å². The first-order chi connectivity index (χ1) is 9.47. The van der Waals surface area contributed by atoms with Crippen LogP contribution in [0, 0.1) is 5.92 Å². The Balaban J connectivity index is 1.85. The molecule has 2 rings (SSSR count). The van der Waals surface area contributed by atoms with Gasteiger partial charge in [0.05, 0.1) is 10.4 Å². The number of carbonyl (C=O) groups is 2. The molecule has 0 aliphatic carbocycles. The minimum atomic E-state index is -0.272. The number of carbonyl (C=O) groups excluding carboxylic acids is 2. The number of rotatable bonds is 3. The molecule has 0 radical (unpaired) electrons. The average Bonchev–Trinajstić information content (AvgIpc) is 2.85. The lowest BCUT2D eigenvalue weighted by molar-refractivity contribution is -0.123. The van der Waals surface area contributed by atoms with E-state index in [9.17, 15) is 9.59 Å². The van der Waals surface area contributed by atoms with Gasteiger partial charge < -0.3 is 16.0 Å². The van der Waals surface area contributed by atoms with Crippen LogP contribution < -0.4 is 11.1 Å². The molecule has 0 saturated carbocycles. The van der Waals surface area contributed by atoms with E-state index in [1.165, 1.54) is 11.3 Å². The van der Waals surface area contributed by atoms with Gasteiger partial charge in [0.1, 0.15) is 0 Å². The topological polar surface area (TPSA) is 75.4 Å². The second kappa shape index (κ2) is 6.45. The number of urea groups is 1. The number of thiophene rings is 1. The Bertz CT molecular complexity index is 498. The first-order valence-electron chi connectivity index (χ1n) is 6.57. The molecule has 110 valence electrons. The maximum atomic E-state index is 12.1. The number of nitrogens with two attached hydrogens (primary N) is 1. The third-order valence-electron chi connectivity index (χ3n) is 3.55. The number of likely N-dealkylation sites (tertiary alicyclic amines) is 1. The highest BCUT2D eigenvalue weighted by Gasteiger charge is 2.26. The van der Waals surface area contributed by atoms with Gasteiger partial charge in [0.15, 0.2) is 0 Å². The molecule has 3 N–H and O–H groups in total. The molecule has 7 heteroatoms. The van der Waals surface area contributed by atoms with Gasteiger partial charge in [0, 0.05) is 23.9 Å². The zero-order chi connectivity index (χ0) is 14.7. The fraction of sp³-hybridized carbons (Fsp3) is 0.538. The van der Waals surface area contributed by atoms with Crippen molar-refractivity contribution in [1.29, 1.82) is 0 Å². The van der Waals surface area contributed by atoms with E-state index in [1.807, 2.05) is 19.1 Å². The Hall–Kier alpha value is -1.27. The van der Waals surface area contributed by atoms with Crippen LogP contribution in [-0.4, -0.2) is 29.9 Å². The number of hydrogen-bond donors (Lipinski definition) is 2. The summed E-state index contributed by atoms with van der Waals surface area (Å²) in [5.41, 5.74) is 5.28. The Labute approximate surface area is 127 Å². The first-order valence-corrected chi connectivity index (χ1v) is 7.77. The summed E-state index contributed by atoms with van der Waals surface area (Å²) in [6.45, 7) is 3.06. The van der Waals surface area contributed by atoms with Crippen molar-refractivity contribution in [3.63, 3.8) is 0 Å². The summed E-state index contributed by atoms with van der Waals surface area (Å²) < 4.78 is 0.711. The predicted molar refractivity (Wildman–Crippen MR) is 79.8 cm³/mol. The summed E-state index contributed by atoms with van der Waals surface area (Å²) in [6.07, 6.45) is 1.28. The molecular formula is C13H18ClN3O2S. The standard InChI is InChI=1S/C13H18ClN3O2S/c1-8(10-2-3-11(14)20-10)16-13(19)17-6-4-9(5-7-17)12(15)18/h2-3,8-9H,4-7H2,1H3,(H2,15,18)(H,16,19). The monoisotopic (exact) mass is 315 g/mol. The van der Waals surface area contributed by atoms with Crippen molar-refractivity contribution in [2.24, 2.45) is 11.7 Å². The van der Waals surface area contributed by atoms with Crippen LogP contribution in [0.5, 0.6) is 0 Å². The Kier molecular flexibility index (Phi) is 4.88. The second-order valence-electron chi connectivity index (χ2n) is 4.98. The Morgan fingerprint density at radius 1 is 1.45 bits per heavy atom. The van der Waals surface area contributed by atoms with Crippen molar-refractivity contribution >= 4 is 34.9 Å². The molecule has 0 bridgehead atoms. The van der Waals surface area contributed by atoms with Crippen LogP contribution in [0.2, 0.25) is 4.34 Å². The summed E-state index contributed by atoms with van der Waals surface area (Å²) in [7, 11) is 0. The molecule has 1 aliphatic rings. The number of piperidine rings is 1. The molecule has 2 heterocycles. The normalized spacial score (nSPS) is 17.8. The van der Waals surface area contributed by atoms with Crippen molar-refractivity contribution in [3.05, 3.63) is 21.3 Å². The summed E-state index contributed by atoms with van der Waals surface area (Å²) >= 11 is 7.35. The van der Waals surface area contributed by atoms with Crippen molar-refractivity contribution < 1.29 is 9.59 Å². The van der Waals surface area contributed by atoms with E-state index in [-0.39, 0.29) is 23.9 Å².